The second-order valence-corrected chi connectivity index (χ2v) is 10.5. The number of hydrogen-bond donors (Lipinski definition) is 2. The summed E-state index contributed by atoms with van der Waals surface area (Å²) in [6.45, 7) is 2.45. The predicted molar refractivity (Wildman–Crippen MR) is 127 cm³/mol. The van der Waals surface area contributed by atoms with Gasteiger partial charge in [0.2, 0.25) is 17.7 Å². The highest BCUT2D eigenvalue weighted by Crippen LogP contribution is 2.55. The number of likely N-dealkylation sites (tertiary alicyclic amines) is 1. The molecule has 8 heteroatoms. The van der Waals surface area contributed by atoms with E-state index in [0.717, 1.165) is 36.6 Å². The van der Waals surface area contributed by atoms with Crippen LogP contribution in [0.1, 0.15) is 45.4 Å². The van der Waals surface area contributed by atoms with Crippen LogP contribution in [0.2, 0.25) is 0 Å². The van der Waals surface area contributed by atoms with Gasteiger partial charge in [0.25, 0.3) is 0 Å². The van der Waals surface area contributed by atoms with E-state index in [9.17, 15) is 14.4 Å². The van der Waals surface area contributed by atoms with Crippen molar-refractivity contribution in [2.75, 3.05) is 11.9 Å². The molecule has 33 heavy (non-hydrogen) atoms. The van der Waals surface area contributed by atoms with Crippen molar-refractivity contribution < 1.29 is 19.1 Å². The SMILES string of the molecule is CCCN1C(=O)[C@H]2[C@H](C(=O)Nc3ccc(Br)cc3)[C@H]3C=C[C@@]2(O3)[C@@H]1C(=O)NC1CCCCC1. The van der Waals surface area contributed by atoms with Gasteiger partial charge in [-0.3, -0.25) is 14.4 Å². The molecule has 0 unspecified atom stereocenters. The molecule has 1 spiro atoms. The van der Waals surface area contributed by atoms with Gasteiger partial charge in [0.15, 0.2) is 0 Å². The Morgan fingerprint density at radius 1 is 1.15 bits per heavy atom. The van der Waals surface area contributed by atoms with Crippen molar-refractivity contribution in [1.82, 2.24) is 10.2 Å². The zero-order valence-electron chi connectivity index (χ0n) is 18.8. The minimum Gasteiger partial charge on any atom is -0.359 e. The predicted octanol–water partition coefficient (Wildman–Crippen LogP) is 3.40. The molecule has 2 N–H and O–H groups in total. The molecule has 5 rings (SSSR count). The third-order valence-corrected chi connectivity index (χ3v) is 7.98. The highest BCUT2D eigenvalue weighted by molar-refractivity contribution is 9.10. The van der Waals surface area contributed by atoms with E-state index in [2.05, 4.69) is 26.6 Å². The van der Waals surface area contributed by atoms with Crippen LogP contribution in [0.15, 0.2) is 40.9 Å². The van der Waals surface area contributed by atoms with Gasteiger partial charge in [0, 0.05) is 22.7 Å². The number of hydrogen-bond acceptors (Lipinski definition) is 4. The Labute approximate surface area is 202 Å². The summed E-state index contributed by atoms with van der Waals surface area (Å²) < 4.78 is 7.26. The fourth-order valence-electron chi connectivity index (χ4n) is 6.03. The fourth-order valence-corrected chi connectivity index (χ4v) is 6.30. The number of fused-ring (bicyclic) bond motifs is 1. The van der Waals surface area contributed by atoms with Crippen LogP contribution < -0.4 is 10.6 Å². The molecule has 0 aromatic heterocycles. The van der Waals surface area contributed by atoms with E-state index in [-0.39, 0.29) is 23.8 Å². The van der Waals surface area contributed by atoms with Crippen LogP contribution in [0.25, 0.3) is 0 Å². The van der Waals surface area contributed by atoms with Crippen LogP contribution in [0.5, 0.6) is 0 Å². The average molecular weight is 516 g/mol. The Morgan fingerprint density at radius 2 is 1.88 bits per heavy atom. The lowest BCUT2D eigenvalue weighted by atomic mass is 9.74. The first-order chi connectivity index (χ1) is 15.9. The number of halogens is 1. The quantitative estimate of drug-likeness (QED) is 0.568. The Kier molecular flexibility index (Phi) is 6.07. The summed E-state index contributed by atoms with van der Waals surface area (Å²) in [5.41, 5.74) is -0.427. The number of carbonyl (C=O) groups is 3. The zero-order valence-corrected chi connectivity index (χ0v) is 20.3. The van der Waals surface area contributed by atoms with Crippen LogP contribution in [0.3, 0.4) is 0 Å². The first kappa shape index (κ1) is 22.6. The number of nitrogens with zero attached hydrogens (tertiary/aromatic N) is 1. The van der Waals surface area contributed by atoms with Crippen LogP contribution in [-0.2, 0) is 19.1 Å². The van der Waals surface area contributed by atoms with Gasteiger partial charge in [-0.2, -0.15) is 0 Å². The van der Waals surface area contributed by atoms with Crippen LogP contribution in [0, 0.1) is 11.8 Å². The first-order valence-electron chi connectivity index (χ1n) is 12.0. The second-order valence-electron chi connectivity index (χ2n) is 9.57. The third kappa shape index (κ3) is 3.81. The second kappa shape index (κ2) is 8.87. The third-order valence-electron chi connectivity index (χ3n) is 7.45. The van der Waals surface area contributed by atoms with E-state index in [0.29, 0.717) is 12.2 Å². The highest BCUT2D eigenvalue weighted by atomic mass is 79.9. The summed E-state index contributed by atoms with van der Waals surface area (Å²) in [5, 5.41) is 6.13. The summed E-state index contributed by atoms with van der Waals surface area (Å²) in [4.78, 5) is 42.1. The van der Waals surface area contributed by atoms with E-state index < -0.39 is 29.6 Å². The fraction of sp³-hybridized carbons (Fsp3) is 0.560. The summed E-state index contributed by atoms with van der Waals surface area (Å²) in [6, 6.07) is 6.71. The maximum absolute atomic E-state index is 13.6. The van der Waals surface area contributed by atoms with Crippen molar-refractivity contribution in [3.05, 3.63) is 40.9 Å². The molecule has 2 saturated heterocycles. The number of nitrogens with one attached hydrogen (secondary N) is 2. The zero-order chi connectivity index (χ0) is 23.2. The van der Waals surface area contributed by atoms with Crippen molar-refractivity contribution in [1.29, 1.82) is 0 Å². The summed E-state index contributed by atoms with van der Waals surface area (Å²) in [5.74, 6) is -1.94. The molecule has 1 aromatic carbocycles. The average Bonchev–Trinajstić information content (AvgIpc) is 3.44. The molecule has 3 fully saturated rings. The summed E-state index contributed by atoms with van der Waals surface area (Å²) >= 11 is 3.40. The summed E-state index contributed by atoms with van der Waals surface area (Å²) in [6.07, 6.45) is 9.28. The molecule has 1 aliphatic carbocycles. The minimum atomic E-state index is -1.09. The molecule has 5 atom stereocenters. The molecule has 3 aliphatic heterocycles. The molecule has 1 aromatic rings. The molecule has 1 saturated carbocycles. The highest BCUT2D eigenvalue weighted by Gasteiger charge is 2.72. The van der Waals surface area contributed by atoms with Gasteiger partial charge in [-0.05, 0) is 43.5 Å². The van der Waals surface area contributed by atoms with E-state index in [4.69, 9.17) is 4.74 Å². The maximum atomic E-state index is 13.6. The number of rotatable bonds is 6. The van der Waals surface area contributed by atoms with Gasteiger partial charge in [-0.15, -0.1) is 0 Å². The summed E-state index contributed by atoms with van der Waals surface area (Å²) in [7, 11) is 0. The molecule has 7 nitrogen and oxygen atoms in total. The lowest BCUT2D eigenvalue weighted by molar-refractivity contribution is -0.141. The number of ether oxygens (including phenoxy) is 1. The van der Waals surface area contributed by atoms with E-state index in [1.54, 1.807) is 4.90 Å². The molecule has 176 valence electrons. The van der Waals surface area contributed by atoms with Gasteiger partial charge in [0.05, 0.1) is 17.9 Å². The van der Waals surface area contributed by atoms with Crippen molar-refractivity contribution in [3.63, 3.8) is 0 Å². The number of anilines is 1. The molecular formula is C25H30BrN3O4. The van der Waals surface area contributed by atoms with Gasteiger partial charge >= 0.3 is 0 Å². The molecule has 3 amide bonds. The molecule has 4 aliphatic rings. The Bertz CT molecular complexity index is 974. The van der Waals surface area contributed by atoms with Crippen molar-refractivity contribution in [2.24, 2.45) is 11.8 Å². The Morgan fingerprint density at radius 3 is 2.58 bits per heavy atom. The molecule has 3 heterocycles. The first-order valence-corrected chi connectivity index (χ1v) is 12.8. The number of benzene rings is 1. The van der Waals surface area contributed by atoms with Gasteiger partial charge in [-0.25, -0.2) is 0 Å². The smallest absolute Gasteiger partial charge is 0.246 e. The van der Waals surface area contributed by atoms with Crippen LogP contribution in [-0.4, -0.2) is 53.0 Å². The van der Waals surface area contributed by atoms with Gasteiger partial charge in [0.1, 0.15) is 11.6 Å². The van der Waals surface area contributed by atoms with Crippen LogP contribution >= 0.6 is 15.9 Å². The van der Waals surface area contributed by atoms with E-state index >= 15 is 0 Å². The number of carbonyl (C=O) groups excluding carboxylic acids is 3. The standard InChI is InChI=1S/C25H30BrN3O4/c1-2-14-29-21(23(31)28-16-6-4-3-5-7-16)25-13-12-18(33-25)19(20(25)24(29)32)22(30)27-17-10-8-15(26)9-11-17/h8-13,16,18-21H,2-7,14H2,1H3,(H,27,30)(H,28,31)/t18-,19-,20-,21+,25+/m1/s1. The van der Waals surface area contributed by atoms with Crippen molar-refractivity contribution in [2.45, 2.75) is 69.2 Å². The lowest BCUT2D eigenvalue weighted by Gasteiger charge is -2.34. The lowest BCUT2D eigenvalue weighted by Crippen LogP contribution is -2.56. The largest absolute Gasteiger partial charge is 0.359 e. The van der Waals surface area contributed by atoms with Crippen molar-refractivity contribution in [3.8, 4) is 0 Å². The van der Waals surface area contributed by atoms with Gasteiger partial charge < -0.3 is 20.3 Å². The molecular weight excluding hydrogens is 486 g/mol. The van der Waals surface area contributed by atoms with Gasteiger partial charge in [-0.1, -0.05) is 54.3 Å². The minimum absolute atomic E-state index is 0.138. The van der Waals surface area contributed by atoms with Crippen molar-refractivity contribution >= 4 is 39.3 Å². The Hall–Kier alpha value is -2.19. The monoisotopic (exact) mass is 515 g/mol. The van der Waals surface area contributed by atoms with E-state index in [1.165, 1.54) is 6.42 Å². The van der Waals surface area contributed by atoms with Crippen LogP contribution in [0.4, 0.5) is 5.69 Å². The molecule has 2 bridgehead atoms. The Balaban J connectivity index is 1.41. The van der Waals surface area contributed by atoms with E-state index in [1.807, 2.05) is 43.3 Å². The molecule has 0 radical (unpaired) electrons. The number of amides is 3. The topological polar surface area (TPSA) is 87.7 Å². The maximum Gasteiger partial charge on any atom is 0.246 e. The normalized spacial score (nSPS) is 32.8.